The molecule has 28 heavy (non-hydrogen) atoms. The number of piperidine rings is 1. The molecule has 1 aromatic rings. The van der Waals surface area contributed by atoms with E-state index < -0.39 is 6.10 Å². The molecule has 6 nitrogen and oxygen atoms in total. The van der Waals surface area contributed by atoms with Crippen LogP contribution < -0.4 is 9.47 Å². The third-order valence-electron chi connectivity index (χ3n) is 6.13. The molecule has 2 N–H and O–H groups in total. The van der Waals surface area contributed by atoms with Gasteiger partial charge in [-0.3, -0.25) is 4.90 Å². The van der Waals surface area contributed by atoms with Crippen molar-refractivity contribution in [2.75, 3.05) is 39.9 Å². The lowest BCUT2D eigenvalue weighted by Gasteiger charge is -2.31. The van der Waals surface area contributed by atoms with Gasteiger partial charge >= 0.3 is 0 Å². The molecule has 1 atom stereocenters. The van der Waals surface area contributed by atoms with Crippen molar-refractivity contribution in [2.24, 2.45) is 0 Å². The molecule has 3 rings (SSSR count). The van der Waals surface area contributed by atoms with E-state index >= 15 is 0 Å². The van der Waals surface area contributed by atoms with E-state index in [2.05, 4.69) is 29.7 Å². The third kappa shape index (κ3) is 5.60. The van der Waals surface area contributed by atoms with Crippen molar-refractivity contribution in [3.8, 4) is 11.5 Å². The summed E-state index contributed by atoms with van der Waals surface area (Å²) >= 11 is 0. The Morgan fingerprint density at radius 2 is 1.93 bits per heavy atom. The Hall–Kier alpha value is -1.34. The largest absolute Gasteiger partial charge is 0.493 e. The SMILES string of the molecule is COc1cc(CN2CCCC2(C)C)ccc1OC[C@H](O)CN1CCC(O)CC1. The van der Waals surface area contributed by atoms with E-state index in [1.54, 1.807) is 7.11 Å². The molecule has 1 aromatic carbocycles. The molecule has 2 heterocycles. The van der Waals surface area contributed by atoms with E-state index in [0.29, 0.717) is 18.0 Å². The van der Waals surface area contributed by atoms with Crippen LogP contribution in [0.5, 0.6) is 11.5 Å². The average Bonchev–Trinajstić information content (AvgIpc) is 3.00. The number of aliphatic hydroxyl groups is 2. The third-order valence-corrected chi connectivity index (χ3v) is 6.13. The first-order valence-electron chi connectivity index (χ1n) is 10.5. The summed E-state index contributed by atoms with van der Waals surface area (Å²) < 4.78 is 11.4. The van der Waals surface area contributed by atoms with Crippen LogP contribution in [0, 0.1) is 0 Å². The number of methoxy groups -OCH3 is 1. The standard InChI is InChI=1S/C22H36N2O4/c1-22(2)9-4-10-24(22)14-17-5-6-20(21(13-17)27-3)28-16-19(26)15-23-11-7-18(25)8-12-23/h5-6,13,18-19,25-26H,4,7-12,14-16H2,1-3H3/t19-/m1/s1. The fourth-order valence-corrected chi connectivity index (χ4v) is 4.24. The highest BCUT2D eigenvalue weighted by atomic mass is 16.5. The Balaban J connectivity index is 1.52. The average molecular weight is 393 g/mol. The summed E-state index contributed by atoms with van der Waals surface area (Å²) in [7, 11) is 1.65. The number of ether oxygens (including phenoxy) is 2. The quantitative estimate of drug-likeness (QED) is 0.708. The molecule has 2 aliphatic heterocycles. The topological polar surface area (TPSA) is 65.4 Å². The lowest BCUT2D eigenvalue weighted by Crippen LogP contribution is -2.41. The van der Waals surface area contributed by atoms with Gasteiger partial charge in [0.25, 0.3) is 0 Å². The number of nitrogens with zero attached hydrogens (tertiary/aromatic N) is 2. The first-order chi connectivity index (χ1) is 13.4. The van der Waals surface area contributed by atoms with Gasteiger partial charge in [-0.05, 0) is 63.8 Å². The molecular weight excluding hydrogens is 356 g/mol. The van der Waals surface area contributed by atoms with E-state index in [9.17, 15) is 10.2 Å². The van der Waals surface area contributed by atoms with Gasteiger partial charge in [-0.1, -0.05) is 6.07 Å². The molecule has 0 bridgehead atoms. The van der Waals surface area contributed by atoms with Crippen molar-refractivity contribution in [1.82, 2.24) is 9.80 Å². The summed E-state index contributed by atoms with van der Waals surface area (Å²) in [5.41, 5.74) is 1.46. The Morgan fingerprint density at radius 3 is 2.57 bits per heavy atom. The van der Waals surface area contributed by atoms with Gasteiger partial charge in [-0.2, -0.15) is 0 Å². The maximum Gasteiger partial charge on any atom is 0.161 e. The van der Waals surface area contributed by atoms with Crippen LogP contribution in [-0.2, 0) is 6.54 Å². The van der Waals surface area contributed by atoms with Crippen LogP contribution in [0.2, 0.25) is 0 Å². The molecule has 2 saturated heterocycles. The number of hydrogen-bond acceptors (Lipinski definition) is 6. The molecule has 6 heteroatoms. The molecule has 2 fully saturated rings. The molecule has 0 aliphatic carbocycles. The number of β-amino-alcohol motifs (C(OH)–C–C–N with tert-alkyl or cyclic N) is 1. The Labute approximate surface area is 169 Å². The molecule has 2 aliphatic rings. The van der Waals surface area contributed by atoms with Gasteiger partial charge in [0, 0.05) is 31.7 Å². The summed E-state index contributed by atoms with van der Waals surface area (Å²) in [6.45, 7) is 9.09. The van der Waals surface area contributed by atoms with Crippen LogP contribution in [0.3, 0.4) is 0 Å². The highest BCUT2D eigenvalue weighted by molar-refractivity contribution is 5.43. The van der Waals surface area contributed by atoms with Gasteiger partial charge < -0.3 is 24.6 Å². The van der Waals surface area contributed by atoms with Crippen molar-refractivity contribution in [3.05, 3.63) is 23.8 Å². The van der Waals surface area contributed by atoms with Crippen LogP contribution in [0.4, 0.5) is 0 Å². The minimum absolute atomic E-state index is 0.196. The Morgan fingerprint density at radius 1 is 1.18 bits per heavy atom. The summed E-state index contributed by atoms with van der Waals surface area (Å²) in [5, 5.41) is 19.9. The van der Waals surface area contributed by atoms with Crippen molar-refractivity contribution >= 4 is 0 Å². The smallest absolute Gasteiger partial charge is 0.161 e. The number of hydrogen-bond donors (Lipinski definition) is 2. The second kappa shape index (κ2) is 9.44. The zero-order valence-corrected chi connectivity index (χ0v) is 17.6. The summed E-state index contributed by atoms with van der Waals surface area (Å²) in [6.07, 6.45) is 3.27. The highest BCUT2D eigenvalue weighted by Gasteiger charge is 2.31. The predicted octanol–water partition coefficient (Wildman–Crippen LogP) is 2.27. The van der Waals surface area contributed by atoms with Gasteiger partial charge in [0.1, 0.15) is 12.7 Å². The molecule has 0 radical (unpaired) electrons. The van der Waals surface area contributed by atoms with Crippen molar-refractivity contribution in [3.63, 3.8) is 0 Å². The minimum Gasteiger partial charge on any atom is -0.493 e. The highest BCUT2D eigenvalue weighted by Crippen LogP contribution is 2.33. The number of rotatable bonds is 8. The van der Waals surface area contributed by atoms with Gasteiger partial charge in [0.2, 0.25) is 0 Å². The van der Waals surface area contributed by atoms with Crippen LogP contribution in [-0.4, -0.2) is 77.7 Å². The van der Waals surface area contributed by atoms with Gasteiger partial charge in [0.15, 0.2) is 11.5 Å². The summed E-state index contributed by atoms with van der Waals surface area (Å²) in [5.74, 6) is 1.38. The van der Waals surface area contributed by atoms with Crippen molar-refractivity contribution < 1.29 is 19.7 Å². The summed E-state index contributed by atoms with van der Waals surface area (Å²) in [6, 6.07) is 6.08. The molecular formula is C22H36N2O4. The fraction of sp³-hybridized carbons (Fsp3) is 0.727. The van der Waals surface area contributed by atoms with E-state index in [1.165, 1.54) is 18.4 Å². The second-order valence-electron chi connectivity index (χ2n) is 8.82. The first-order valence-corrected chi connectivity index (χ1v) is 10.5. The van der Waals surface area contributed by atoms with Gasteiger partial charge in [-0.25, -0.2) is 0 Å². The van der Waals surface area contributed by atoms with Crippen LogP contribution in [0.15, 0.2) is 18.2 Å². The first kappa shape index (κ1) is 21.4. The molecule has 158 valence electrons. The monoisotopic (exact) mass is 392 g/mol. The maximum atomic E-state index is 10.3. The Kier molecular flexibility index (Phi) is 7.20. The molecule has 0 amide bonds. The summed E-state index contributed by atoms with van der Waals surface area (Å²) in [4.78, 5) is 4.69. The van der Waals surface area contributed by atoms with Crippen molar-refractivity contribution in [1.29, 1.82) is 0 Å². The predicted molar refractivity (Wildman–Crippen MR) is 110 cm³/mol. The molecule has 0 unspecified atom stereocenters. The molecule has 0 aromatic heterocycles. The van der Waals surface area contributed by atoms with E-state index in [0.717, 1.165) is 39.0 Å². The fourth-order valence-electron chi connectivity index (χ4n) is 4.24. The second-order valence-corrected chi connectivity index (χ2v) is 8.82. The van der Waals surface area contributed by atoms with Gasteiger partial charge in [0.05, 0.1) is 13.2 Å². The van der Waals surface area contributed by atoms with E-state index in [1.807, 2.05) is 12.1 Å². The van der Waals surface area contributed by atoms with Crippen LogP contribution >= 0.6 is 0 Å². The minimum atomic E-state index is -0.565. The van der Waals surface area contributed by atoms with Crippen molar-refractivity contribution in [2.45, 2.75) is 63.8 Å². The number of likely N-dealkylation sites (tertiary alicyclic amines) is 2. The number of benzene rings is 1. The maximum absolute atomic E-state index is 10.3. The molecule has 0 saturated carbocycles. The zero-order valence-electron chi connectivity index (χ0n) is 17.6. The Bertz CT molecular complexity index is 629. The van der Waals surface area contributed by atoms with Crippen LogP contribution in [0.25, 0.3) is 0 Å². The van der Waals surface area contributed by atoms with E-state index in [4.69, 9.17) is 9.47 Å². The van der Waals surface area contributed by atoms with E-state index in [-0.39, 0.29) is 18.2 Å². The van der Waals surface area contributed by atoms with Gasteiger partial charge in [-0.15, -0.1) is 0 Å². The lowest BCUT2D eigenvalue weighted by molar-refractivity contribution is 0.0333. The number of aliphatic hydroxyl groups excluding tert-OH is 2. The molecule has 0 spiro atoms. The van der Waals surface area contributed by atoms with Crippen LogP contribution in [0.1, 0.15) is 45.1 Å². The zero-order chi connectivity index (χ0) is 20.1. The normalized spacial score (nSPS) is 22.3. The lowest BCUT2D eigenvalue weighted by atomic mass is 10.0.